The van der Waals surface area contributed by atoms with Crippen molar-refractivity contribution in [3.05, 3.63) is 30.1 Å². The Hall–Kier alpha value is -1.91. The number of primary amides is 1. The van der Waals surface area contributed by atoms with Crippen molar-refractivity contribution in [2.24, 2.45) is 11.7 Å². The predicted molar refractivity (Wildman–Crippen MR) is 71.3 cm³/mol. The van der Waals surface area contributed by atoms with Crippen LogP contribution in [0.3, 0.4) is 0 Å². The summed E-state index contributed by atoms with van der Waals surface area (Å²) in [6.45, 7) is 0. The minimum absolute atomic E-state index is 0.164. The molecule has 1 heterocycles. The Kier molecular flexibility index (Phi) is 4.49. The van der Waals surface area contributed by atoms with Crippen LogP contribution in [-0.4, -0.2) is 22.8 Å². The lowest BCUT2D eigenvalue weighted by molar-refractivity contribution is -0.121. The van der Waals surface area contributed by atoms with Crippen LogP contribution in [0.1, 0.15) is 42.5 Å². The summed E-state index contributed by atoms with van der Waals surface area (Å²) in [6.07, 6.45) is 8.39. The largest absolute Gasteiger partial charge is 0.368 e. The highest BCUT2D eigenvalue weighted by Crippen LogP contribution is 2.26. The molecule has 1 fully saturated rings. The summed E-state index contributed by atoms with van der Waals surface area (Å²) in [5, 5.41) is 2.76. The molecular formula is C14H19N3O2. The lowest BCUT2D eigenvalue weighted by Crippen LogP contribution is -2.49. The van der Waals surface area contributed by atoms with Gasteiger partial charge in [-0.15, -0.1) is 0 Å². The first kappa shape index (κ1) is 13.5. The second-order valence-corrected chi connectivity index (χ2v) is 4.99. The van der Waals surface area contributed by atoms with Crippen molar-refractivity contribution in [3.8, 4) is 0 Å². The number of rotatable bonds is 4. The van der Waals surface area contributed by atoms with Crippen molar-refractivity contribution >= 4 is 11.8 Å². The van der Waals surface area contributed by atoms with E-state index >= 15 is 0 Å². The van der Waals surface area contributed by atoms with E-state index in [0.717, 1.165) is 25.7 Å². The highest BCUT2D eigenvalue weighted by atomic mass is 16.2. The zero-order valence-electron chi connectivity index (χ0n) is 10.8. The van der Waals surface area contributed by atoms with Crippen LogP contribution in [0.25, 0.3) is 0 Å². The number of carbonyl (C=O) groups is 2. The van der Waals surface area contributed by atoms with Gasteiger partial charge in [-0.2, -0.15) is 0 Å². The number of carbonyl (C=O) groups excluding carboxylic acids is 2. The summed E-state index contributed by atoms with van der Waals surface area (Å²) in [4.78, 5) is 27.5. The van der Waals surface area contributed by atoms with E-state index in [1.54, 1.807) is 24.5 Å². The highest BCUT2D eigenvalue weighted by molar-refractivity contribution is 5.97. The van der Waals surface area contributed by atoms with Gasteiger partial charge < -0.3 is 11.1 Å². The van der Waals surface area contributed by atoms with Crippen molar-refractivity contribution in [1.82, 2.24) is 10.3 Å². The Labute approximate surface area is 112 Å². The lowest BCUT2D eigenvalue weighted by atomic mass is 9.83. The molecule has 3 N–H and O–H groups in total. The molecule has 1 atom stereocenters. The molecule has 0 unspecified atom stereocenters. The van der Waals surface area contributed by atoms with Crippen LogP contribution in [0.2, 0.25) is 0 Å². The standard InChI is InChI=1S/C14H19N3O2/c15-13(18)12(10-4-2-1-3-5-10)17-14(19)11-6-8-16-9-7-11/h6-10,12H,1-5H2,(H2,15,18)(H,17,19)/t12-/m0/s1. The Balaban J connectivity index is 2.04. The number of nitrogens with zero attached hydrogens (tertiary/aromatic N) is 1. The quantitative estimate of drug-likeness (QED) is 0.855. The van der Waals surface area contributed by atoms with Gasteiger partial charge in [0, 0.05) is 18.0 Å². The number of hydrogen-bond donors (Lipinski definition) is 2. The SMILES string of the molecule is NC(=O)[C@@H](NC(=O)c1ccncc1)C1CCCCC1. The van der Waals surface area contributed by atoms with Gasteiger partial charge in [-0.05, 0) is 30.9 Å². The third kappa shape index (κ3) is 3.53. The Morgan fingerprint density at radius 3 is 2.42 bits per heavy atom. The normalized spacial score (nSPS) is 17.7. The highest BCUT2D eigenvalue weighted by Gasteiger charge is 2.29. The molecule has 0 bridgehead atoms. The summed E-state index contributed by atoms with van der Waals surface area (Å²) in [6, 6.07) is 2.67. The number of pyridine rings is 1. The van der Waals surface area contributed by atoms with Gasteiger partial charge in [0.15, 0.2) is 0 Å². The molecule has 2 amide bonds. The Morgan fingerprint density at radius 1 is 1.21 bits per heavy atom. The molecule has 1 aromatic heterocycles. The van der Waals surface area contributed by atoms with Crippen LogP contribution in [0, 0.1) is 5.92 Å². The van der Waals surface area contributed by atoms with Gasteiger partial charge in [-0.25, -0.2) is 0 Å². The van der Waals surface area contributed by atoms with E-state index < -0.39 is 11.9 Å². The van der Waals surface area contributed by atoms with Crippen LogP contribution < -0.4 is 11.1 Å². The van der Waals surface area contributed by atoms with Gasteiger partial charge in [-0.1, -0.05) is 19.3 Å². The minimum atomic E-state index is -0.569. The fraction of sp³-hybridized carbons (Fsp3) is 0.500. The van der Waals surface area contributed by atoms with Crippen molar-refractivity contribution in [2.45, 2.75) is 38.1 Å². The predicted octanol–water partition coefficient (Wildman–Crippen LogP) is 1.25. The van der Waals surface area contributed by atoms with Gasteiger partial charge in [0.1, 0.15) is 6.04 Å². The number of nitrogens with one attached hydrogen (secondary N) is 1. The maximum absolute atomic E-state index is 12.1. The topological polar surface area (TPSA) is 85.1 Å². The first-order valence-corrected chi connectivity index (χ1v) is 6.68. The molecule has 0 radical (unpaired) electrons. The van der Waals surface area contributed by atoms with E-state index in [1.807, 2.05) is 0 Å². The minimum Gasteiger partial charge on any atom is -0.368 e. The van der Waals surface area contributed by atoms with E-state index in [-0.39, 0.29) is 11.8 Å². The van der Waals surface area contributed by atoms with E-state index in [0.29, 0.717) is 5.56 Å². The summed E-state index contributed by atoms with van der Waals surface area (Å²) in [7, 11) is 0. The summed E-state index contributed by atoms with van der Waals surface area (Å²) in [5.41, 5.74) is 5.93. The van der Waals surface area contributed by atoms with Gasteiger partial charge in [0.25, 0.3) is 5.91 Å². The van der Waals surface area contributed by atoms with Crippen LogP contribution in [0.5, 0.6) is 0 Å². The first-order valence-electron chi connectivity index (χ1n) is 6.68. The van der Waals surface area contributed by atoms with Crippen LogP contribution >= 0.6 is 0 Å². The summed E-state index contributed by atoms with van der Waals surface area (Å²) >= 11 is 0. The molecule has 1 aliphatic carbocycles. The summed E-state index contributed by atoms with van der Waals surface area (Å²) in [5.74, 6) is -0.553. The second kappa shape index (κ2) is 6.31. The van der Waals surface area contributed by atoms with Gasteiger partial charge in [0.2, 0.25) is 5.91 Å². The Morgan fingerprint density at radius 2 is 1.84 bits per heavy atom. The third-order valence-corrected chi connectivity index (χ3v) is 3.66. The van der Waals surface area contributed by atoms with Crippen LogP contribution in [0.4, 0.5) is 0 Å². The second-order valence-electron chi connectivity index (χ2n) is 4.99. The van der Waals surface area contributed by atoms with Gasteiger partial charge >= 0.3 is 0 Å². The van der Waals surface area contributed by atoms with Crippen molar-refractivity contribution in [2.75, 3.05) is 0 Å². The molecule has 5 heteroatoms. The Bertz CT molecular complexity index is 441. The lowest BCUT2D eigenvalue weighted by Gasteiger charge is -2.28. The monoisotopic (exact) mass is 261 g/mol. The molecule has 0 aromatic carbocycles. The molecule has 1 aromatic rings. The van der Waals surface area contributed by atoms with Gasteiger partial charge in [-0.3, -0.25) is 14.6 Å². The van der Waals surface area contributed by atoms with Crippen LogP contribution in [-0.2, 0) is 4.79 Å². The van der Waals surface area contributed by atoms with Crippen molar-refractivity contribution < 1.29 is 9.59 Å². The molecule has 19 heavy (non-hydrogen) atoms. The van der Waals surface area contributed by atoms with E-state index in [4.69, 9.17) is 5.73 Å². The van der Waals surface area contributed by atoms with E-state index in [2.05, 4.69) is 10.3 Å². The number of amides is 2. The number of nitrogens with two attached hydrogens (primary N) is 1. The molecule has 102 valence electrons. The third-order valence-electron chi connectivity index (χ3n) is 3.66. The number of hydrogen-bond acceptors (Lipinski definition) is 3. The maximum Gasteiger partial charge on any atom is 0.252 e. The average Bonchev–Trinajstić information content (AvgIpc) is 2.46. The average molecular weight is 261 g/mol. The fourth-order valence-corrected chi connectivity index (χ4v) is 2.62. The zero-order chi connectivity index (χ0) is 13.7. The molecule has 1 saturated carbocycles. The van der Waals surface area contributed by atoms with Crippen molar-refractivity contribution in [1.29, 1.82) is 0 Å². The molecular weight excluding hydrogens is 242 g/mol. The molecule has 5 nitrogen and oxygen atoms in total. The molecule has 0 saturated heterocycles. The molecule has 2 rings (SSSR count). The smallest absolute Gasteiger partial charge is 0.252 e. The molecule has 1 aliphatic rings. The van der Waals surface area contributed by atoms with Crippen molar-refractivity contribution in [3.63, 3.8) is 0 Å². The number of aromatic nitrogens is 1. The van der Waals surface area contributed by atoms with E-state index in [9.17, 15) is 9.59 Å². The summed E-state index contributed by atoms with van der Waals surface area (Å²) < 4.78 is 0. The maximum atomic E-state index is 12.1. The first-order chi connectivity index (χ1) is 9.18. The van der Waals surface area contributed by atoms with E-state index in [1.165, 1.54) is 6.42 Å². The van der Waals surface area contributed by atoms with Crippen LogP contribution in [0.15, 0.2) is 24.5 Å². The fourth-order valence-electron chi connectivity index (χ4n) is 2.62. The van der Waals surface area contributed by atoms with Gasteiger partial charge in [0.05, 0.1) is 0 Å². The zero-order valence-corrected chi connectivity index (χ0v) is 10.8. The molecule has 0 spiro atoms. The molecule has 0 aliphatic heterocycles.